The molecule has 0 saturated carbocycles. The van der Waals surface area contributed by atoms with Gasteiger partial charge in [0.25, 0.3) is 0 Å². The molecule has 31 heavy (non-hydrogen) atoms. The smallest absolute Gasteiger partial charge is 0.234 e. The van der Waals surface area contributed by atoms with Crippen molar-refractivity contribution in [2.24, 2.45) is 0 Å². The molecule has 0 saturated heterocycles. The lowest BCUT2D eigenvalue weighted by atomic mass is 10.1. The molecule has 4 rings (SSSR count). The summed E-state index contributed by atoms with van der Waals surface area (Å²) in [6.45, 7) is 3.86. The summed E-state index contributed by atoms with van der Waals surface area (Å²) in [5.74, 6) is -0.296. The predicted octanol–water partition coefficient (Wildman–Crippen LogP) is 5.80. The van der Waals surface area contributed by atoms with Gasteiger partial charge in [0, 0.05) is 5.56 Å². The van der Waals surface area contributed by atoms with E-state index in [2.05, 4.69) is 10.3 Å². The van der Waals surface area contributed by atoms with Crippen LogP contribution in [0.4, 0.5) is 10.3 Å². The van der Waals surface area contributed by atoms with Crippen molar-refractivity contribution in [2.45, 2.75) is 29.8 Å². The highest BCUT2D eigenvalue weighted by atomic mass is 32.2. The van der Waals surface area contributed by atoms with Crippen molar-refractivity contribution in [3.8, 4) is 11.5 Å². The molecule has 0 spiro atoms. The number of oxazole rings is 1. The molecule has 7 heteroatoms. The van der Waals surface area contributed by atoms with Gasteiger partial charge >= 0.3 is 0 Å². The highest BCUT2D eigenvalue weighted by Crippen LogP contribution is 2.34. The maximum absolute atomic E-state index is 13.3. The van der Waals surface area contributed by atoms with Crippen LogP contribution in [0.5, 0.6) is 0 Å². The van der Waals surface area contributed by atoms with Gasteiger partial charge in [-0.15, -0.1) is 0 Å². The fourth-order valence-electron chi connectivity index (χ4n) is 3.15. The predicted molar refractivity (Wildman–Crippen MR) is 117 cm³/mol. The molecule has 1 aromatic heterocycles. The number of rotatable bonds is 6. The van der Waals surface area contributed by atoms with Crippen LogP contribution in [0.15, 0.2) is 93.2 Å². The van der Waals surface area contributed by atoms with Gasteiger partial charge in [-0.25, -0.2) is 12.8 Å². The molecule has 1 atom stereocenters. The van der Waals surface area contributed by atoms with E-state index in [1.54, 1.807) is 0 Å². The quantitative estimate of drug-likeness (QED) is 0.387. The Balaban J connectivity index is 1.80. The van der Waals surface area contributed by atoms with Crippen LogP contribution in [0.3, 0.4) is 0 Å². The van der Waals surface area contributed by atoms with Crippen LogP contribution >= 0.6 is 0 Å². The zero-order valence-corrected chi connectivity index (χ0v) is 17.9. The van der Waals surface area contributed by atoms with Gasteiger partial charge in [-0.3, -0.25) is 0 Å². The first kappa shape index (κ1) is 20.8. The number of benzene rings is 3. The first-order chi connectivity index (χ1) is 14.8. The van der Waals surface area contributed by atoms with Gasteiger partial charge in [0.05, 0.1) is 10.9 Å². The summed E-state index contributed by atoms with van der Waals surface area (Å²) in [7, 11) is -4.04. The van der Waals surface area contributed by atoms with Crippen LogP contribution in [0.25, 0.3) is 11.5 Å². The molecule has 158 valence electrons. The zero-order valence-electron chi connectivity index (χ0n) is 17.0. The minimum absolute atomic E-state index is 0.0382. The van der Waals surface area contributed by atoms with Crippen LogP contribution in [0.1, 0.15) is 24.1 Å². The van der Waals surface area contributed by atoms with Gasteiger partial charge in [0.1, 0.15) is 5.82 Å². The maximum atomic E-state index is 13.3. The van der Waals surface area contributed by atoms with E-state index in [-0.39, 0.29) is 27.7 Å². The number of nitrogens with zero attached hydrogens (tertiary/aromatic N) is 1. The second-order valence-corrected chi connectivity index (χ2v) is 9.12. The Morgan fingerprint density at radius 3 is 2.23 bits per heavy atom. The maximum Gasteiger partial charge on any atom is 0.234 e. The van der Waals surface area contributed by atoms with E-state index in [4.69, 9.17) is 4.42 Å². The monoisotopic (exact) mass is 436 g/mol. The average molecular weight is 437 g/mol. The van der Waals surface area contributed by atoms with Crippen molar-refractivity contribution in [3.63, 3.8) is 0 Å². The summed E-state index contributed by atoms with van der Waals surface area (Å²) in [5.41, 5.74) is 2.67. The molecular formula is C24H21FN2O3S. The standard InChI is InChI=1S/C24H21FN2O3S/c1-16-8-10-19(11-9-16)22-27-24(31(28,29)21-14-12-20(25)13-15-21)23(30-22)26-17(2)18-6-4-3-5-7-18/h3-15,17,26H,1-2H3. The molecule has 0 radical (unpaired) electrons. The van der Waals surface area contributed by atoms with E-state index in [1.807, 2.05) is 68.4 Å². The molecule has 1 N–H and O–H groups in total. The second-order valence-electron chi connectivity index (χ2n) is 7.25. The Hall–Kier alpha value is -3.45. The molecular weight excluding hydrogens is 415 g/mol. The molecule has 1 unspecified atom stereocenters. The lowest BCUT2D eigenvalue weighted by Gasteiger charge is -2.14. The number of hydrogen-bond acceptors (Lipinski definition) is 5. The fraction of sp³-hybridized carbons (Fsp3) is 0.125. The van der Waals surface area contributed by atoms with Crippen LogP contribution in [0.2, 0.25) is 0 Å². The Bertz CT molecular complexity index is 1280. The Labute approximate surface area is 180 Å². The van der Waals surface area contributed by atoms with Gasteiger partial charge < -0.3 is 9.73 Å². The first-order valence-corrected chi connectivity index (χ1v) is 11.2. The van der Waals surface area contributed by atoms with Gasteiger partial charge in [0.15, 0.2) is 0 Å². The summed E-state index contributed by atoms with van der Waals surface area (Å²) in [6.07, 6.45) is 0. The summed E-state index contributed by atoms with van der Waals surface area (Å²) >= 11 is 0. The van der Waals surface area contributed by atoms with Crippen LogP contribution < -0.4 is 5.32 Å². The Morgan fingerprint density at radius 2 is 1.58 bits per heavy atom. The third kappa shape index (κ3) is 4.36. The topological polar surface area (TPSA) is 72.2 Å². The first-order valence-electron chi connectivity index (χ1n) is 9.74. The van der Waals surface area contributed by atoms with Gasteiger partial charge in [-0.1, -0.05) is 48.0 Å². The molecule has 1 heterocycles. The summed E-state index contributed by atoms with van der Waals surface area (Å²) in [5, 5.41) is 2.89. The fourth-order valence-corrected chi connectivity index (χ4v) is 4.41. The van der Waals surface area contributed by atoms with Crippen molar-refractivity contribution in [2.75, 3.05) is 5.32 Å². The number of aryl methyl sites for hydroxylation is 1. The van der Waals surface area contributed by atoms with Crippen LogP contribution in [0, 0.1) is 12.7 Å². The number of halogens is 1. The molecule has 0 bridgehead atoms. The number of aromatic nitrogens is 1. The Kier molecular flexibility index (Phi) is 5.61. The van der Waals surface area contributed by atoms with E-state index in [9.17, 15) is 12.8 Å². The molecule has 0 amide bonds. The van der Waals surface area contributed by atoms with E-state index in [0.717, 1.165) is 23.3 Å². The highest BCUT2D eigenvalue weighted by molar-refractivity contribution is 7.91. The van der Waals surface area contributed by atoms with Crippen molar-refractivity contribution < 1.29 is 17.2 Å². The van der Waals surface area contributed by atoms with E-state index in [1.165, 1.54) is 12.1 Å². The highest BCUT2D eigenvalue weighted by Gasteiger charge is 2.29. The van der Waals surface area contributed by atoms with Gasteiger partial charge in [-0.2, -0.15) is 4.98 Å². The molecule has 5 nitrogen and oxygen atoms in total. The number of sulfone groups is 1. The number of nitrogens with one attached hydrogen (secondary N) is 1. The van der Waals surface area contributed by atoms with Gasteiger partial charge in [0.2, 0.25) is 26.6 Å². The lowest BCUT2D eigenvalue weighted by Crippen LogP contribution is -2.10. The third-order valence-corrected chi connectivity index (χ3v) is 6.60. The summed E-state index contributed by atoms with van der Waals surface area (Å²) in [6, 6.07) is 21.4. The normalized spacial score (nSPS) is 12.5. The Morgan fingerprint density at radius 1 is 0.935 bits per heavy atom. The van der Waals surface area contributed by atoms with Crippen LogP contribution in [-0.4, -0.2) is 13.4 Å². The molecule has 0 aliphatic rings. The average Bonchev–Trinajstić information content (AvgIpc) is 3.20. The number of hydrogen-bond donors (Lipinski definition) is 1. The minimum atomic E-state index is -4.04. The largest absolute Gasteiger partial charge is 0.419 e. The van der Waals surface area contributed by atoms with E-state index in [0.29, 0.717) is 5.56 Å². The van der Waals surface area contributed by atoms with Crippen molar-refractivity contribution in [1.82, 2.24) is 4.98 Å². The zero-order chi connectivity index (χ0) is 22.0. The van der Waals surface area contributed by atoms with E-state index < -0.39 is 15.7 Å². The molecule has 0 aliphatic carbocycles. The van der Waals surface area contributed by atoms with Crippen molar-refractivity contribution in [3.05, 3.63) is 95.8 Å². The molecule has 4 aromatic rings. The SMILES string of the molecule is Cc1ccc(-c2nc(S(=O)(=O)c3ccc(F)cc3)c(NC(C)c3ccccc3)o2)cc1. The van der Waals surface area contributed by atoms with Gasteiger partial charge in [-0.05, 0) is 55.8 Å². The van der Waals surface area contributed by atoms with Crippen molar-refractivity contribution >= 4 is 15.7 Å². The second kappa shape index (κ2) is 8.35. The molecule has 3 aromatic carbocycles. The van der Waals surface area contributed by atoms with Crippen LogP contribution in [-0.2, 0) is 9.84 Å². The van der Waals surface area contributed by atoms with E-state index >= 15 is 0 Å². The molecule has 0 fully saturated rings. The molecule has 0 aliphatic heterocycles. The summed E-state index contributed by atoms with van der Waals surface area (Å²) in [4.78, 5) is 4.25. The number of anilines is 1. The minimum Gasteiger partial charge on any atom is -0.419 e. The summed E-state index contributed by atoms with van der Waals surface area (Å²) < 4.78 is 45.8. The third-order valence-electron chi connectivity index (χ3n) is 4.92. The van der Waals surface area contributed by atoms with Crippen molar-refractivity contribution in [1.29, 1.82) is 0 Å². The lowest BCUT2D eigenvalue weighted by molar-refractivity contribution is 0.570.